The molecule has 110 valence electrons. The molecule has 1 atom stereocenters. The van der Waals surface area contributed by atoms with E-state index in [0.717, 1.165) is 21.9 Å². The Labute approximate surface area is 128 Å². The Kier molecular flexibility index (Phi) is 5.17. The van der Waals surface area contributed by atoms with E-state index in [1.165, 1.54) is 0 Å². The summed E-state index contributed by atoms with van der Waals surface area (Å²) in [5.74, 6) is 0.811. The van der Waals surface area contributed by atoms with Crippen LogP contribution in [0.1, 0.15) is 5.56 Å². The van der Waals surface area contributed by atoms with Crippen molar-refractivity contribution in [2.24, 2.45) is 0 Å². The van der Waals surface area contributed by atoms with Crippen molar-refractivity contribution in [2.45, 2.75) is 4.90 Å². The van der Waals surface area contributed by atoms with Crippen LogP contribution in [0.25, 0.3) is 6.08 Å². The maximum atomic E-state index is 12.4. The maximum absolute atomic E-state index is 12.4. The van der Waals surface area contributed by atoms with Crippen LogP contribution in [0.4, 0.5) is 5.69 Å². The predicted octanol–water partition coefficient (Wildman–Crippen LogP) is 3.54. The summed E-state index contributed by atoms with van der Waals surface area (Å²) in [4.78, 5) is 2.78. The van der Waals surface area contributed by atoms with Gasteiger partial charge in [0.15, 0.2) is 0 Å². The first kappa shape index (κ1) is 15.3. The molecule has 0 aliphatic heterocycles. The molecule has 1 unspecified atom stereocenters. The third-order valence-electron chi connectivity index (χ3n) is 3.06. The lowest BCUT2D eigenvalue weighted by molar-refractivity contribution is 0.415. The summed E-state index contributed by atoms with van der Waals surface area (Å²) in [6.45, 7) is 0. The first-order valence-electron chi connectivity index (χ1n) is 6.61. The van der Waals surface area contributed by atoms with Crippen molar-refractivity contribution in [3.05, 3.63) is 59.5 Å². The van der Waals surface area contributed by atoms with Crippen LogP contribution >= 0.6 is 0 Å². The third kappa shape index (κ3) is 3.95. The molecule has 2 rings (SSSR count). The Morgan fingerprint density at radius 1 is 1.05 bits per heavy atom. The van der Waals surface area contributed by atoms with E-state index in [0.29, 0.717) is 0 Å². The first-order chi connectivity index (χ1) is 10.1. The van der Waals surface area contributed by atoms with Gasteiger partial charge in [-0.25, -0.2) is 4.21 Å². The molecule has 2 aromatic rings. The fraction of sp³-hybridized carbons (Fsp3) is 0.176. The lowest BCUT2D eigenvalue weighted by atomic mass is 10.2. The largest absolute Gasteiger partial charge is 0.497 e. The molecule has 0 bridgehead atoms. The van der Waals surface area contributed by atoms with Gasteiger partial charge in [0.2, 0.25) is 0 Å². The monoisotopic (exact) mass is 301 g/mol. The number of para-hydroxylation sites is 1. The van der Waals surface area contributed by atoms with E-state index in [2.05, 4.69) is 0 Å². The summed E-state index contributed by atoms with van der Waals surface area (Å²) in [5.41, 5.74) is 1.96. The second-order valence-corrected chi connectivity index (χ2v) is 6.04. The van der Waals surface area contributed by atoms with Crippen molar-refractivity contribution in [3.63, 3.8) is 0 Å². The molecule has 0 aromatic heterocycles. The number of anilines is 1. The predicted molar refractivity (Wildman–Crippen MR) is 89.2 cm³/mol. The quantitative estimate of drug-likeness (QED) is 0.846. The normalized spacial score (nSPS) is 12.3. The Balaban J connectivity index is 2.19. The minimum Gasteiger partial charge on any atom is -0.497 e. The van der Waals surface area contributed by atoms with Crippen molar-refractivity contribution >= 4 is 22.6 Å². The number of benzene rings is 2. The molecule has 0 spiro atoms. The van der Waals surface area contributed by atoms with E-state index >= 15 is 0 Å². The molecule has 0 N–H and O–H groups in total. The number of rotatable bonds is 5. The standard InChI is InChI=1S/C17H19NO2S/c1-18(2)16-6-4-5-7-17(16)21(19)13-12-14-8-10-15(20-3)11-9-14/h4-13H,1-3H3/b13-12-. The van der Waals surface area contributed by atoms with Gasteiger partial charge in [-0.2, -0.15) is 0 Å². The van der Waals surface area contributed by atoms with E-state index < -0.39 is 10.8 Å². The minimum absolute atomic E-state index is 0.811. The second-order valence-electron chi connectivity index (χ2n) is 4.74. The van der Waals surface area contributed by atoms with Gasteiger partial charge in [-0.15, -0.1) is 0 Å². The fourth-order valence-electron chi connectivity index (χ4n) is 1.93. The van der Waals surface area contributed by atoms with Crippen molar-refractivity contribution in [2.75, 3.05) is 26.1 Å². The molecule has 0 saturated heterocycles. The zero-order valence-corrected chi connectivity index (χ0v) is 13.3. The zero-order valence-electron chi connectivity index (χ0n) is 12.4. The van der Waals surface area contributed by atoms with Crippen LogP contribution < -0.4 is 9.64 Å². The number of hydrogen-bond donors (Lipinski definition) is 0. The average molecular weight is 301 g/mol. The molecule has 0 saturated carbocycles. The van der Waals surface area contributed by atoms with Crippen LogP contribution in [0.2, 0.25) is 0 Å². The Morgan fingerprint density at radius 3 is 2.33 bits per heavy atom. The van der Waals surface area contributed by atoms with E-state index in [-0.39, 0.29) is 0 Å². The van der Waals surface area contributed by atoms with E-state index in [1.54, 1.807) is 12.5 Å². The minimum atomic E-state index is -1.18. The Hall–Kier alpha value is -2.07. The molecule has 0 aliphatic rings. The van der Waals surface area contributed by atoms with Crippen molar-refractivity contribution in [1.82, 2.24) is 0 Å². The summed E-state index contributed by atoms with van der Waals surface area (Å²) in [7, 11) is 4.36. The van der Waals surface area contributed by atoms with Gasteiger partial charge in [-0.3, -0.25) is 0 Å². The molecule has 0 radical (unpaired) electrons. The average Bonchev–Trinajstić information content (AvgIpc) is 2.53. The zero-order chi connectivity index (χ0) is 15.2. The molecule has 0 amide bonds. The summed E-state index contributed by atoms with van der Waals surface area (Å²) in [5, 5.41) is 1.71. The molecule has 3 nitrogen and oxygen atoms in total. The molecule has 2 aromatic carbocycles. The third-order valence-corrected chi connectivity index (χ3v) is 4.23. The molecule has 4 heteroatoms. The lowest BCUT2D eigenvalue weighted by Crippen LogP contribution is -2.11. The number of hydrogen-bond acceptors (Lipinski definition) is 3. The fourth-order valence-corrected chi connectivity index (χ4v) is 3.02. The highest BCUT2D eigenvalue weighted by molar-refractivity contribution is 7.88. The van der Waals surface area contributed by atoms with Gasteiger partial charge >= 0.3 is 0 Å². The Bertz CT molecular complexity index is 648. The van der Waals surface area contributed by atoms with Gasteiger partial charge in [0.1, 0.15) is 5.75 Å². The summed E-state index contributed by atoms with van der Waals surface area (Å²) < 4.78 is 17.6. The van der Waals surface area contributed by atoms with Crippen molar-refractivity contribution in [3.8, 4) is 5.75 Å². The molecule has 21 heavy (non-hydrogen) atoms. The number of nitrogens with zero attached hydrogens (tertiary/aromatic N) is 1. The van der Waals surface area contributed by atoms with Gasteiger partial charge in [0.05, 0.1) is 28.5 Å². The van der Waals surface area contributed by atoms with Crippen LogP contribution in [0.15, 0.2) is 58.8 Å². The summed E-state index contributed by atoms with van der Waals surface area (Å²) >= 11 is 0. The highest BCUT2D eigenvalue weighted by Crippen LogP contribution is 2.23. The molecule has 0 heterocycles. The summed E-state index contributed by atoms with van der Waals surface area (Å²) in [6.07, 6.45) is 1.86. The molecule has 0 aliphatic carbocycles. The van der Waals surface area contributed by atoms with Gasteiger partial charge in [-0.1, -0.05) is 24.3 Å². The maximum Gasteiger partial charge on any atom is 0.118 e. The molecular formula is C17H19NO2S. The van der Waals surface area contributed by atoms with Crippen LogP contribution in [0, 0.1) is 0 Å². The van der Waals surface area contributed by atoms with Crippen molar-refractivity contribution < 1.29 is 8.95 Å². The van der Waals surface area contributed by atoms with Gasteiger partial charge in [0.25, 0.3) is 0 Å². The van der Waals surface area contributed by atoms with E-state index in [1.807, 2.05) is 73.6 Å². The van der Waals surface area contributed by atoms with Gasteiger partial charge < -0.3 is 9.64 Å². The van der Waals surface area contributed by atoms with E-state index in [4.69, 9.17) is 4.74 Å². The first-order valence-corrected chi connectivity index (χ1v) is 7.82. The number of ether oxygens (including phenoxy) is 1. The highest BCUT2D eigenvalue weighted by atomic mass is 32.2. The van der Waals surface area contributed by atoms with Gasteiger partial charge in [-0.05, 0) is 35.9 Å². The van der Waals surface area contributed by atoms with E-state index in [9.17, 15) is 4.21 Å². The highest BCUT2D eigenvalue weighted by Gasteiger charge is 2.08. The lowest BCUT2D eigenvalue weighted by Gasteiger charge is -2.15. The summed E-state index contributed by atoms with van der Waals surface area (Å²) in [6, 6.07) is 15.4. The van der Waals surface area contributed by atoms with Crippen LogP contribution in [-0.4, -0.2) is 25.4 Å². The SMILES string of the molecule is COc1ccc(/C=C\S(=O)c2ccccc2N(C)C)cc1. The smallest absolute Gasteiger partial charge is 0.118 e. The molecular weight excluding hydrogens is 282 g/mol. The Morgan fingerprint density at radius 2 is 1.71 bits per heavy atom. The van der Waals surface area contributed by atoms with Crippen molar-refractivity contribution in [1.29, 1.82) is 0 Å². The number of methoxy groups -OCH3 is 1. The molecule has 0 fully saturated rings. The topological polar surface area (TPSA) is 29.5 Å². The second kappa shape index (κ2) is 7.09. The van der Waals surface area contributed by atoms with Gasteiger partial charge in [0, 0.05) is 19.5 Å². The van der Waals surface area contributed by atoms with Crippen LogP contribution in [0.3, 0.4) is 0 Å². The van der Waals surface area contributed by atoms with Crippen LogP contribution in [-0.2, 0) is 10.8 Å². The van der Waals surface area contributed by atoms with Crippen LogP contribution in [0.5, 0.6) is 5.75 Å².